The third kappa shape index (κ3) is 4.03. The molecule has 0 atom stereocenters. The van der Waals surface area contributed by atoms with Crippen molar-refractivity contribution in [1.82, 2.24) is 4.98 Å². The van der Waals surface area contributed by atoms with Crippen LogP contribution in [-0.2, 0) is 0 Å². The molecule has 1 heterocycles. The zero-order chi connectivity index (χ0) is 18.7. The molecule has 0 unspecified atom stereocenters. The minimum atomic E-state index is -0.719. The number of rotatable bonds is 4. The first-order valence-electron chi connectivity index (χ1n) is 7.99. The zero-order valence-electron chi connectivity index (χ0n) is 14.3. The van der Waals surface area contributed by atoms with Crippen molar-refractivity contribution in [3.8, 4) is 0 Å². The maximum absolute atomic E-state index is 13.8. The van der Waals surface area contributed by atoms with E-state index in [2.05, 4.69) is 15.6 Å². The second-order valence-corrected chi connectivity index (χ2v) is 5.95. The topological polar surface area (TPSA) is 54.0 Å². The maximum atomic E-state index is 13.8. The first-order valence-corrected chi connectivity index (χ1v) is 7.99. The highest BCUT2D eigenvalue weighted by Gasteiger charge is 2.11. The number of carbonyl (C=O) groups excluding carboxylic acids is 1. The molecule has 26 heavy (non-hydrogen) atoms. The number of nitrogens with zero attached hydrogens (tertiary/aromatic N) is 1. The summed E-state index contributed by atoms with van der Waals surface area (Å²) in [5.41, 5.74) is 3.43. The number of aromatic nitrogens is 1. The van der Waals surface area contributed by atoms with Gasteiger partial charge in [0.25, 0.3) is 5.91 Å². The molecule has 0 aliphatic heterocycles. The molecule has 3 rings (SSSR count). The molecule has 2 aromatic carbocycles. The molecule has 0 aliphatic carbocycles. The molecule has 0 fully saturated rings. The maximum Gasteiger partial charge on any atom is 0.274 e. The summed E-state index contributed by atoms with van der Waals surface area (Å²) in [6.45, 7) is 3.84. The molecule has 1 aromatic heterocycles. The molecule has 0 aliphatic rings. The molecule has 0 spiro atoms. The smallest absolute Gasteiger partial charge is 0.274 e. The lowest BCUT2D eigenvalue weighted by Gasteiger charge is -2.11. The minimum absolute atomic E-state index is 0.110. The Kier molecular flexibility index (Phi) is 4.93. The average molecular weight is 353 g/mol. The Labute approximate surface area is 149 Å². The third-order valence-corrected chi connectivity index (χ3v) is 3.84. The van der Waals surface area contributed by atoms with Gasteiger partial charge < -0.3 is 10.6 Å². The summed E-state index contributed by atoms with van der Waals surface area (Å²) in [7, 11) is 0. The molecule has 2 N–H and O–H groups in total. The summed E-state index contributed by atoms with van der Waals surface area (Å²) in [5, 5.41) is 5.64. The summed E-state index contributed by atoms with van der Waals surface area (Å²) in [6, 6.07) is 12.1. The largest absolute Gasteiger partial charge is 0.353 e. The van der Waals surface area contributed by atoms with Crippen LogP contribution in [0.25, 0.3) is 0 Å². The first kappa shape index (κ1) is 17.5. The van der Waals surface area contributed by atoms with Crippen molar-refractivity contribution in [2.45, 2.75) is 13.8 Å². The summed E-state index contributed by atoms with van der Waals surface area (Å²) < 4.78 is 26.8. The van der Waals surface area contributed by atoms with Gasteiger partial charge in [-0.25, -0.2) is 8.78 Å². The number of benzene rings is 2. The third-order valence-electron chi connectivity index (χ3n) is 3.84. The van der Waals surface area contributed by atoms with Crippen LogP contribution in [-0.4, -0.2) is 10.9 Å². The number of pyridine rings is 1. The lowest BCUT2D eigenvalue weighted by molar-refractivity contribution is 0.102. The SMILES string of the molecule is Cc1ccc(C)c(NC(=O)c2cc(Nc3ccc(F)cc3F)ccn2)c1. The van der Waals surface area contributed by atoms with Gasteiger partial charge in [0.05, 0.1) is 5.69 Å². The summed E-state index contributed by atoms with van der Waals surface area (Å²) >= 11 is 0. The highest BCUT2D eigenvalue weighted by molar-refractivity contribution is 6.03. The molecule has 3 aromatic rings. The van der Waals surface area contributed by atoms with Crippen LogP contribution in [0.15, 0.2) is 54.7 Å². The molecule has 0 saturated carbocycles. The Hall–Kier alpha value is -3.28. The van der Waals surface area contributed by atoms with Crippen LogP contribution in [0.1, 0.15) is 21.6 Å². The van der Waals surface area contributed by atoms with Crippen LogP contribution in [0, 0.1) is 25.5 Å². The fraction of sp³-hybridized carbons (Fsp3) is 0.100. The van der Waals surface area contributed by atoms with Crippen molar-refractivity contribution in [3.05, 3.63) is 83.2 Å². The van der Waals surface area contributed by atoms with Gasteiger partial charge in [-0.15, -0.1) is 0 Å². The quantitative estimate of drug-likeness (QED) is 0.696. The van der Waals surface area contributed by atoms with Gasteiger partial charge in [0.15, 0.2) is 0 Å². The summed E-state index contributed by atoms with van der Waals surface area (Å²) in [5.74, 6) is -1.75. The normalized spacial score (nSPS) is 10.5. The number of aryl methyl sites for hydroxylation is 2. The average Bonchev–Trinajstić information content (AvgIpc) is 2.61. The lowest BCUT2D eigenvalue weighted by atomic mass is 10.1. The first-order chi connectivity index (χ1) is 12.4. The highest BCUT2D eigenvalue weighted by atomic mass is 19.1. The van der Waals surface area contributed by atoms with Crippen LogP contribution in [0.5, 0.6) is 0 Å². The Morgan fingerprint density at radius 1 is 0.962 bits per heavy atom. The Morgan fingerprint density at radius 2 is 1.77 bits per heavy atom. The lowest BCUT2D eigenvalue weighted by Crippen LogP contribution is -2.14. The van der Waals surface area contributed by atoms with Gasteiger partial charge in [-0.2, -0.15) is 0 Å². The summed E-state index contributed by atoms with van der Waals surface area (Å²) in [6.07, 6.45) is 1.45. The molecular weight excluding hydrogens is 336 g/mol. The monoisotopic (exact) mass is 353 g/mol. The molecule has 132 valence electrons. The zero-order valence-corrected chi connectivity index (χ0v) is 14.3. The molecule has 1 amide bonds. The van der Waals surface area contributed by atoms with E-state index in [-0.39, 0.29) is 17.3 Å². The van der Waals surface area contributed by atoms with Crippen molar-refractivity contribution < 1.29 is 13.6 Å². The second kappa shape index (κ2) is 7.31. The van der Waals surface area contributed by atoms with Crippen molar-refractivity contribution in [2.75, 3.05) is 10.6 Å². The van der Waals surface area contributed by atoms with Crippen LogP contribution < -0.4 is 10.6 Å². The van der Waals surface area contributed by atoms with Crippen LogP contribution >= 0.6 is 0 Å². The molecule has 0 saturated heterocycles. The predicted molar refractivity (Wildman–Crippen MR) is 97.7 cm³/mol. The Balaban J connectivity index is 1.80. The van der Waals surface area contributed by atoms with Crippen molar-refractivity contribution in [1.29, 1.82) is 0 Å². The number of carbonyl (C=O) groups is 1. The fourth-order valence-corrected chi connectivity index (χ4v) is 2.44. The molecule has 0 bridgehead atoms. The van der Waals surface area contributed by atoms with Crippen LogP contribution in [0.4, 0.5) is 25.8 Å². The van der Waals surface area contributed by atoms with Gasteiger partial charge in [0.2, 0.25) is 0 Å². The van der Waals surface area contributed by atoms with E-state index in [0.717, 1.165) is 23.3 Å². The van der Waals surface area contributed by atoms with E-state index >= 15 is 0 Å². The highest BCUT2D eigenvalue weighted by Crippen LogP contribution is 2.22. The molecular formula is C20H17F2N3O. The van der Waals surface area contributed by atoms with Gasteiger partial charge in [0, 0.05) is 23.6 Å². The van der Waals surface area contributed by atoms with E-state index < -0.39 is 11.6 Å². The van der Waals surface area contributed by atoms with E-state index in [1.54, 1.807) is 6.07 Å². The van der Waals surface area contributed by atoms with E-state index in [9.17, 15) is 13.6 Å². The molecule has 0 radical (unpaired) electrons. The number of amides is 1. The summed E-state index contributed by atoms with van der Waals surface area (Å²) in [4.78, 5) is 16.5. The van der Waals surface area contributed by atoms with Gasteiger partial charge in [-0.05, 0) is 55.3 Å². The van der Waals surface area contributed by atoms with E-state index in [1.165, 1.54) is 18.3 Å². The van der Waals surface area contributed by atoms with Crippen LogP contribution in [0.2, 0.25) is 0 Å². The Bertz CT molecular complexity index is 973. The second-order valence-electron chi connectivity index (χ2n) is 5.95. The van der Waals surface area contributed by atoms with Gasteiger partial charge in [-0.3, -0.25) is 9.78 Å². The van der Waals surface area contributed by atoms with Crippen molar-refractivity contribution >= 4 is 23.0 Å². The standard InChI is InChI=1S/C20H17F2N3O/c1-12-3-4-13(2)18(9-12)25-20(26)19-11-15(7-8-23-19)24-17-6-5-14(21)10-16(17)22/h3-11H,1-2H3,(H,23,24)(H,25,26). The van der Waals surface area contributed by atoms with Gasteiger partial charge in [-0.1, -0.05) is 12.1 Å². The van der Waals surface area contributed by atoms with E-state index in [0.29, 0.717) is 11.4 Å². The van der Waals surface area contributed by atoms with E-state index in [4.69, 9.17) is 0 Å². The van der Waals surface area contributed by atoms with Gasteiger partial charge >= 0.3 is 0 Å². The number of hydrogen-bond acceptors (Lipinski definition) is 3. The number of halogens is 2. The fourth-order valence-electron chi connectivity index (χ4n) is 2.44. The molecule has 4 nitrogen and oxygen atoms in total. The molecule has 6 heteroatoms. The van der Waals surface area contributed by atoms with Crippen molar-refractivity contribution in [2.24, 2.45) is 0 Å². The Morgan fingerprint density at radius 3 is 2.54 bits per heavy atom. The van der Waals surface area contributed by atoms with E-state index in [1.807, 2.05) is 32.0 Å². The number of hydrogen-bond donors (Lipinski definition) is 2. The number of nitrogens with one attached hydrogen (secondary N) is 2. The van der Waals surface area contributed by atoms with Crippen LogP contribution in [0.3, 0.4) is 0 Å². The predicted octanol–water partition coefficient (Wildman–Crippen LogP) is 4.97. The van der Waals surface area contributed by atoms with Gasteiger partial charge in [0.1, 0.15) is 17.3 Å². The minimum Gasteiger partial charge on any atom is -0.353 e. The number of anilines is 3. The van der Waals surface area contributed by atoms with Crippen molar-refractivity contribution in [3.63, 3.8) is 0 Å².